The molecule has 0 saturated heterocycles. The number of nitrogens with one attached hydrogen (secondary N) is 1. The fourth-order valence-electron chi connectivity index (χ4n) is 1.58. The molecule has 0 saturated carbocycles. The minimum atomic E-state index is -1.13. The Hall–Kier alpha value is -1.60. The molecule has 1 rings (SSSR count). The van der Waals surface area contributed by atoms with Gasteiger partial charge < -0.3 is 20.1 Å². The van der Waals surface area contributed by atoms with E-state index in [1.54, 1.807) is 7.05 Å². The smallest absolute Gasteiger partial charge is 0.328 e. The largest absolute Gasteiger partial charge is 0.480 e. The van der Waals surface area contributed by atoms with Crippen molar-refractivity contribution in [1.82, 2.24) is 10.2 Å². The van der Waals surface area contributed by atoms with E-state index >= 15 is 0 Å². The van der Waals surface area contributed by atoms with Gasteiger partial charge in [-0.1, -0.05) is 28.1 Å². The van der Waals surface area contributed by atoms with E-state index in [0.29, 0.717) is 6.54 Å². The van der Waals surface area contributed by atoms with Crippen molar-refractivity contribution < 1.29 is 19.4 Å². The van der Waals surface area contributed by atoms with Gasteiger partial charge in [-0.3, -0.25) is 0 Å². The van der Waals surface area contributed by atoms with Gasteiger partial charge in [0.15, 0.2) is 6.04 Å². The number of aliphatic carboxylic acids is 1. The van der Waals surface area contributed by atoms with Gasteiger partial charge in [-0.15, -0.1) is 0 Å². The Morgan fingerprint density at radius 2 is 2.20 bits per heavy atom. The number of amides is 2. The van der Waals surface area contributed by atoms with Gasteiger partial charge in [-0.05, 0) is 17.7 Å². The van der Waals surface area contributed by atoms with Crippen LogP contribution in [0, 0.1) is 0 Å². The van der Waals surface area contributed by atoms with E-state index in [-0.39, 0.29) is 6.61 Å². The number of carboxylic acid groups (broad SMARTS) is 1. The van der Waals surface area contributed by atoms with Crippen molar-refractivity contribution in [1.29, 1.82) is 0 Å². The van der Waals surface area contributed by atoms with Gasteiger partial charge in [0.2, 0.25) is 0 Å². The average Bonchev–Trinajstić information content (AvgIpc) is 2.37. The quantitative estimate of drug-likeness (QED) is 0.822. The third-order valence-electron chi connectivity index (χ3n) is 2.58. The summed E-state index contributed by atoms with van der Waals surface area (Å²) < 4.78 is 5.68. The van der Waals surface area contributed by atoms with Gasteiger partial charge in [0.1, 0.15) is 0 Å². The molecular weight excluding hydrogens is 328 g/mol. The highest BCUT2D eigenvalue weighted by molar-refractivity contribution is 9.10. The van der Waals surface area contributed by atoms with Crippen LogP contribution in [0.25, 0.3) is 0 Å². The first kappa shape index (κ1) is 16.5. The SMILES string of the molecule is COCC(NC(=O)N(C)Cc1cccc(Br)c1)C(=O)O. The van der Waals surface area contributed by atoms with Crippen LogP contribution >= 0.6 is 15.9 Å². The number of carboxylic acids is 1. The molecule has 110 valence electrons. The van der Waals surface area contributed by atoms with Crippen LogP contribution in [0.2, 0.25) is 0 Å². The number of nitrogens with zero attached hydrogens (tertiary/aromatic N) is 1. The Kier molecular flexibility index (Phi) is 6.47. The van der Waals surface area contributed by atoms with Crippen LogP contribution in [-0.2, 0) is 16.1 Å². The second kappa shape index (κ2) is 7.86. The first-order valence-corrected chi connectivity index (χ1v) is 6.71. The van der Waals surface area contributed by atoms with Crippen molar-refractivity contribution in [3.8, 4) is 0 Å². The van der Waals surface area contributed by atoms with Crippen molar-refractivity contribution in [2.45, 2.75) is 12.6 Å². The fraction of sp³-hybridized carbons (Fsp3) is 0.385. The lowest BCUT2D eigenvalue weighted by Crippen LogP contribution is -2.48. The molecule has 0 heterocycles. The number of benzene rings is 1. The molecule has 7 heteroatoms. The number of hydrogen-bond donors (Lipinski definition) is 2. The Bertz CT molecular complexity index is 481. The molecule has 0 aliphatic rings. The third kappa shape index (κ3) is 5.18. The lowest BCUT2D eigenvalue weighted by Gasteiger charge is -2.21. The molecule has 0 aliphatic heterocycles. The second-order valence-corrected chi connectivity index (χ2v) is 5.20. The summed E-state index contributed by atoms with van der Waals surface area (Å²) >= 11 is 3.36. The van der Waals surface area contributed by atoms with E-state index in [2.05, 4.69) is 21.2 Å². The summed E-state index contributed by atoms with van der Waals surface area (Å²) in [6.45, 7) is 0.302. The van der Waals surface area contributed by atoms with Crippen LogP contribution < -0.4 is 5.32 Å². The van der Waals surface area contributed by atoms with Crippen molar-refractivity contribution in [3.05, 3.63) is 34.3 Å². The van der Waals surface area contributed by atoms with Crippen molar-refractivity contribution in [2.75, 3.05) is 20.8 Å². The van der Waals surface area contributed by atoms with Gasteiger partial charge in [-0.2, -0.15) is 0 Å². The van der Waals surface area contributed by atoms with E-state index in [1.165, 1.54) is 12.0 Å². The highest BCUT2D eigenvalue weighted by Gasteiger charge is 2.21. The Balaban J connectivity index is 2.60. The van der Waals surface area contributed by atoms with E-state index in [0.717, 1.165) is 10.0 Å². The fourth-order valence-corrected chi connectivity index (χ4v) is 2.03. The van der Waals surface area contributed by atoms with Crippen LogP contribution in [0.1, 0.15) is 5.56 Å². The maximum absolute atomic E-state index is 11.9. The predicted octanol–water partition coefficient (Wildman–Crippen LogP) is 1.69. The third-order valence-corrected chi connectivity index (χ3v) is 3.08. The Morgan fingerprint density at radius 1 is 1.50 bits per heavy atom. The summed E-state index contributed by atoms with van der Waals surface area (Å²) in [7, 11) is 2.98. The molecule has 0 spiro atoms. The van der Waals surface area contributed by atoms with E-state index in [4.69, 9.17) is 9.84 Å². The van der Waals surface area contributed by atoms with E-state index < -0.39 is 18.0 Å². The normalized spacial score (nSPS) is 11.8. The van der Waals surface area contributed by atoms with Crippen molar-refractivity contribution in [2.24, 2.45) is 0 Å². The minimum Gasteiger partial charge on any atom is -0.480 e. The molecule has 0 radical (unpaired) electrons. The number of rotatable bonds is 6. The number of hydrogen-bond acceptors (Lipinski definition) is 3. The van der Waals surface area contributed by atoms with Crippen LogP contribution in [0.15, 0.2) is 28.7 Å². The van der Waals surface area contributed by atoms with Gasteiger partial charge in [0.25, 0.3) is 0 Å². The molecule has 1 unspecified atom stereocenters. The lowest BCUT2D eigenvalue weighted by molar-refractivity contribution is -0.140. The highest BCUT2D eigenvalue weighted by Crippen LogP contribution is 2.13. The summed E-state index contributed by atoms with van der Waals surface area (Å²) in [5, 5.41) is 11.3. The number of carbonyl (C=O) groups is 2. The molecule has 20 heavy (non-hydrogen) atoms. The van der Waals surface area contributed by atoms with Crippen molar-refractivity contribution >= 4 is 27.9 Å². The topological polar surface area (TPSA) is 78.9 Å². The van der Waals surface area contributed by atoms with Crippen LogP contribution in [0.4, 0.5) is 4.79 Å². The zero-order valence-corrected chi connectivity index (χ0v) is 12.9. The molecule has 0 aliphatic carbocycles. The standard InChI is InChI=1S/C13H17BrN2O4/c1-16(7-9-4-3-5-10(14)6-9)13(19)15-11(8-20-2)12(17)18/h3-6,11H,7-8H2,1-2H3,(H,15,19)(H,17,18). The predicted molar refractivity (Wildman–Crippen MR) is 77.4 cm³/mol. The number of methoxy groups -OCH3 is 1. The van der Waals surface area contributed by atoms with Crippen LogP contribution in [-0.4, -0.2) is 48.8 Å². The number of urea groups is 1. The molecule has 0 aromatic heterocycles. The molecule has 2 amide bonds. The maximum atomic E-state index is 11.9. The molecule has 0 bridgehead atoms. The molecule has 6 nitrogen and oxygen atoms in total. The van der Waals surface area contributed by atoms with E-state index in [9.17, 15) is 9.59 Å². The lowest BCUT2D eigenvalue weighted by atomic mass is 10.2. The zero-order chi connectivity index (χ0) is 15.1. The zero-order valence-electron chi connectivity index (χ0n) is 11.3. The molecule has 2 N–H and O–H groups in total. The summed E-state index contributed by atoms with van der Waals surface area (Å²) in [5.74, 6) is -1.13. The van der Waals surface area contributed by atoms with Crippen LogP contribution in [0.3, 0.4) is 0 Å². The first-order chi connectivity index (χ1) is 9.43. The Morgan fingerprint density at radius 3 is 2.75 bits per heavy atom. The molecular formula is C13H17BrN2O4. The molecule has 1 atom stereocenters. The highest BCUT2D eigenvalue weighted by atomic mass is 79.9. The number of carbonyl (C=O) groups excluding carboxylic acids is 1. The maximum Gasteiger partial charge on any atom is 0.328 e. The summed E-state index contributed by atoms with van der Waals surface area (Å²) in [5.41, 5.74) is 0.940. The molecule has 1 aromatic rings. The Labute approximate surface area is 125 Å². The molecule has 0 fully saturated rings. The van der Waals surface area contributed by atoms with Gasteiger partial charge in [-0.25, -0.2) is 9.59 Å². The monoisotopic (exact) mass is 344 g/mol. The van der Waals surface area contributed by atoms with Gasteiger partial charge in [0.05, 0.1) is 6.61 Å². The summed E-state index contributed by atoms with van der Waals surface area (Å²) in [6.07, 6.45) is 0. The van der Waals surface area contributed by atoms with E-state index in [1.807, 2.05) is 24.3 Å². The van der Waals surface area contributed by atoms with Gasteiger partial charge >= 0.3 is 12.0 Å². The first-order valence-electron chi connectivity index (χ1n) is 5.92. The summed E-state index contributed by atoms with van der Waals surface area (Å²) in [6, 6.07) is 6.02. The van der Waals surface area contributed by atoms with Crippen molar-refractivity contribution in [3.63, 3.8) is 0 Å². The summed E-state index contributed by atoms with van der Waals surface area (Å²) in [4.78, 5) is 24.2. The average molecular weight is 345 g/mol. The number of halogens is 1. The van der Waals surface area contributed by atoms with Gasteiger partial charge in [0, 0.05) is 25.2 Å². The second-order valence-electron chi connectivity index (χ2n) is 4.28. The van der Waals surface area contributed by atoms with Crippen LogP contribution in [0.5, 0.6) is 0 Å². The molecule has 1 aromatic carbocycles. The number of ether oxygens (including phenoxy) is 1. The minimum absolute atomic E-state index is 0.0776.